The molecule has 0 aliphatic heterocycles. The quantitative estimate of drug-likeness (QED) is 0.442. The summed E-state index contributed by atoms with van der Waals surface area (Å²) in [5, 5.41) is 3.52. The topological polar surface area (TPSA) is 74.5 Å². The second kappa shape index (κ2) is 3.61. The van der Waals surface area contributed by atoms with Crippen LogP contribution in [0.5, 0.6) is 0 Å². The minimum atomic E-state index is 0.514. The molecule has 0 saturated carbocycles. The van der Waals surface area contributed by atoms with Gasteiger partial charge in [0.05, 0.1) is 15.7 Å². The van der Waals surface area contributed by atoms with Crippen molar-refractivity contribution in [2.75, 3.05) is 0 Å². The normalized spacial score (nSPS) is 9.79. The van der Waals surface area contributed by atoms with Crippen molar-refractivity contribution in [3.8, 4) is 0 Å². The maximum absolute atomic E-state index is 8.32. The first-order chi connectivity index (χ1) is 6.83. The molecule has 14 heavy (non-hydrogen) atoms. The van der Waals surface area contributed by atoms with Gasteiger partial charge in [-0.05, 0) is 33.6 Å². The van der Waals surface area contributed by atoms with Crippen molar-refractivity contribution in [3.63, 3.8) is 0 Å². The van der Waals surface area contributed by atoms with Crippen LogP contribution in [0.2, 0.25) is 0 Å². The number of rotatable bonds is 1. The lowest BCUT2D eigenvalue weighted by molar-refractivity contribution is 1.28. The summed E-state index contributed by atoms with van der Waals surface area (Å²) < 4.78 is 0.668. The van der Waals surface area contributed by atoms with Crippen molar-refractivity contribution < 1.29 is 0 Å². The van der Waals surface area contributed by atoms with E-state index in [1.807, 2.05) is 0 Å². The lowest BCUT2D eigenvalue weighted by Gasteiger charge is -2.00. The summed E-state index contributed by atoms with van der Waals surface area (Å²) in [6, 6.07) is 3.46. The van der Waals surface area contributed by atoms with Crippen LogP contribution in [0, 0.1) is 0 Å². The van der Waals surface area contributed by atoms with Crippen LogP contribution in [-0.2, 0) is 0 Å². The summed E-state index contributed by atoms with van der Waals surface area (Å²) in [7, 11) is 0. The number of benzene rings is 1. The number of azide groups is 1. The summed E-state index contributed by atoms with van der Waals surface area (Å²) in [6.07, 6.45) is 3.20. The van der Waals surface area contributed by atoms with Crippen LogP contribution in [0.25, 0.3) is 21.5 Å². The summed E-state index contributed by atoms with van der Waals surface area (Å²) >= 11 is 3.32. The monoisotopic (exact) mass is 249 g/mol. The smallest absolute Gasteiger partial charge is 0.103 e. The van der Waals surface area contributed by atoms with Gasteiger partial charge in [-0.3, -0.25) is 9.97 Å². The summed E-state index contributed by atoms with van der Waals surface area (Å²) in [6.45, 7) is 0. The highest BCUT2D eigenvalue weighted by atomic mass is 79.9. The zero-order valence-electron chi connectivity index (χ0n) is 6.92. The van der Waals surface area contributed by atoms with E-state index in [-0.39, 0.29) is 0 Å². The molecule has 0 amide bonds. The Morgan fingerprint density at radius 3 is 2.86 bits per heavy atom. The van der Waals surface area contributed by atoms with Crippen LogP contribution in [0.3, 0.4) is 0 Å². The Morgan fingerprint density at radius 1 is 1.29 bits per heavy atom. The van der Waals surface area contributed by atoms with Gasteiger partial charge < -0.3 is 0 Å². The average Bonchev–Trinajstić information content (AvgIpc) is 2.23. The van der Waals surface area contributed by atoms with Crippen LogP contribution < -0.4 is 0 Å². The molecule has 0 saturated heterocycles. The Bertz CT molecular complexity index is 532. The third-order valence-corrected chi connectivity index (χ3v) is 2.49. The average molecular weight is 250 g/mol. The van der Waals surface area contributed by atoms with Crippen molar-refractivity contribution >= 4 is 32.7 Å². The first-order valence-corrected chi connectivity index (χ1v) is 4.56. The van der Waals surface area contributed by atoms with Gasteiger partial charge in [-0.1, -0.05) is 5.11 Å². The molecule has 0 aliphatic carbocycles. The fourth-order valence-electron chi connectivity index (χ4n) is 1.12. The Kier molecular flexibility index (Phi) is 2.30. The molecule has 0 aliphatic rings. The molecule has 1 aromatic heterocycles. The predicted molar refractivity (Wildman–Crippen MR) is 56.0 cm³/mol. The Labute approximate surface area is 87.6 Å². The molecule has 68 valence electrons. The third kappa shape index (κ3) is 1.41. The molecule has 2 aromatic rings. The zero-order chi connectivity index (χ0) is 9.97. The molecule has 2 rings (SSSR count). The highest BCUT2D eigenvalue weighted by Gasteiger charge is 2.04. The molecule has 0 fully saturated rings. The number of fused-ring (bicyclic) bond motifs is 1. The zero-order valence-corrected chi connectivity index (χ0v) is 8.51. The minimum Gasteiger partial charge on any atom is -0.253 e. The molecule has 0 atom stereocenters. The summed E-state index contributed by atoms with van der Waals surface area (Å²) in [5.74, 6) is 0. The van der Waals surface area contributed by atoms with Crippen LogP contribution >= 0.6 is 15.9 Å². The maximum atomic E-state index is 8.32. The summed E-state index contributed by atoms with van der Waals surface area (Å²) in [4.78, 5) is 11.0. The Morgan fingerprint density at radius 2 is 2.07 bits per heavy atom. The molecule has 0 radical (unpaired) electrons. The molecule has 6 heteroatoms. The Hall–Kier alpha value is -1.65. The van der Waals surface area contributed by atoms with E-state index in [4.69, 9.17) is 5.53 Å². The first kappa shape index (κ1) is 8.93. The SMILES string of the molecule is [N-]=[N+]=Nc1ccc2nccnc2c1Br. The number of halogens is 1. The fraction of sp³-hybridized carbons (Fsp3) is 0. The van der Waals surface area contributed by atoms with Crippen LogP contribution in [0.1, 0.15) is 0 Å². The molecule has 0 unspecified atom stereocenters. The minimum absolute atomic E-state index is 0.514. The first-order valence-electron chi connectivity index (χ1n) is 3.77. The summed E-state index contributed by atoms with van der Waals surface area (Å²) in [5.41, 5.74) is 10.3. The number of hydrogen-bond acceptors (Lipinski definition) is 3. The van der Waals surface area contributed by atoms with Gasteiger partial charge in [0.25, 0.3) is 0 Å². The van der Waals surface area contributed by atoms with Crippen molar-refractivity contribution in [2.45, 2.75) is 0 Å². The lowest BCUT2D eigenvalue weighted by atomic mass is 10.3. The van der Waals surface area contributed by atoms with Crippen molar-refractivity contribution in [2.24, 2.45) is 5.11 Å². The van der Waals surface area contributed by atoms with Crippen molar-refractivity contribution in [1.29, 1.82) is 0 Å². The van der Waals surface area contributed by atoms with Crippen LogP contribution in [0.15, 0.2) is 34.1 Å². The molecular weight excluding hydrogens is 246 g/mol. The van der Waals surface area contributed by atoms with Crippen LogP contribution in [-0.4, -0.2) is 9.97 Å². The molecule has 1 aromatic carbocycles. The van der Waals surface area contributed by atoms with E-state index < -0.39 is 0 Å². The largest absolute Gasteiger partial charge is 0.253 e. The van der Waals surface area contributed by atoms with E-state index in [1.165, 1.54) is 0 Å². The van der Waals surface area contributed by atoms with E-state index in [9.17, 15) is 0 Å². The number of hydrogen-bond donors (Lipinski definition) is 0. The van der Waals surface area contributed by atoms with Gasteiger partial charge in [-0.25, -0.2) is 0 Å². The standard InChI is InChI=1S/C8H4BrN5/c9-7-5(13-14-10)1-2-6-8(7)12-4-3-11-6/h1-4H. The van der Waals surface area contributed by atoms with E-state index in [0.29, 0.717) is 15.7 Å². The number of nitrogens with zero attached hydrogens (tertiary/aromatic N) is 5. The molecule has 0 N–H and O–H groups in total. The van der Waals surface area contributed by atoms with E-state index in [0.717, 1.165) is 5.52 Å². The van der Waals surface area contributed by atoms with Gasteiger partial charge in [0, 0.05) is 17.3 Å². The van der Waals surface area contributed by atoms with Gasteiger partial charge in [-0.15, -0.1) is 0 Å². The second-order valence-electron chi connectivity index (χ2n) is 2.51. The van der Waals surface area contributed by atoms with Gasteiger partial charge in [-0.2, -0.15) is 0 Å². The fourth-order valence-corrected chi connectivity index (χ4v) is 1.63. The Balaban J connectivity index is 2.81. The van der Waals surface area contributed by atoms with Crippen molar-refractivity contribution in [3.05, 3.63) is 39.4 Å². The predicted octanol–water partition coefficient (Wildman–Crippen LogP) is 3.33. The number of aromatic nitrogens is 2. The van der Waals surface area contributed by atoms with E-state index >= 15 is 0 Å². The third-order valence-electron chi connectivity index (χ3n) is 1.71. The molecular formula is C8H4BrN5. The second-order valence-corrected chi connectivity index (χ2v) is 3.31. The van der Waals surface area contributed by atoms with E-state index in [1.54, 1.807) is 24.5 Å². The van der Waals surface area contributed by atoms with Gasteiger partial charge >= 0.3 is 0 Å². The highest BCUT2D eigenvalue weighted by Crippen LogP contribution is 2.30. The maximum Gasteiger partial charge on any atom is 0.103 e. The lowest BCUT2D eigenvalue weighted by Crippen LogP contribution is -1.82. The van der Waals surface area contributed by atoms with Gasteiger partial charge in [0.2, 0.25) is 0 Å². The molecule has 5 nitrogen and oxygen atoms in total. The molecule has 1 heterocycles. The van der Waals surface area contributed by atoms with E-state index in [2.05, 4.69) is 35.9 Å². The highest BCUT2D eigenvalue weighted by molar-refractivity contribution is 9.10. The van der Waals surface area contributed by atoms with Gasteiger partial charge in [0.1, 0.15) is 5.52 Å². The van der Waals surface area contributed by atoms with Crippen LogP contribution in [0.4, 0.5) is 5.69 Å². The van der Waals surface area contributed by atoms with Gasteiger partial charge in [0.15, 0.2) is 0 Å². The molecule has 0 spiro atoms. The van der Waals surface area contributed by atoms with Crippen molar-refractivity contribution in [1.82, 2.24) is 9.97 Å². The molecule has 0 bridgehead atoms.